The summed E-state index contributed by atoms with van der Waals surface area (Å²) in [6, 6.07) is 7.32. The summed E-state index contributed by atoms with van der Waals surface area (Å²) in [4.78, 5) is 22.5. The second-order valence-corrected chi connectivity index (χ2v) is 4.80. The predicted octanol–water partition coefficient (Wildman–Crippen LogP) is 2.81. The molecule has 3 aromatic rings. The number of aromatic carboxylic acids is 1. The molecule has 2 N–H and O–H groups in total. The van der Waals surface area contributed by atoms with Gasteiger partial charge >= 0.3 is 5.97 Å². The van der Waals surface area contributed by atoms with E-state index in [9.17, 15) is 4.79 Å². The minimum absolute atomic E-state index is 0.208. The molecule has 0 unspecified atom stereocenters. The van der Waals surface area contributed by atoms with E-state index >= 15 is 0 Å². The molecule has 0 radical (unpaired) electrons. The maximum absolute atomic E-state index is 11.2. The molecule has 6 heteroatoms. The summed E-state index contributed by atoms with van der Waals surface area (Å²) in [6.07, 6.45) is 4.78. The van der Waals surface area contributed by atoms with Crippen molar-refractivity contribution in [2.45, 2.75) is 10.2 Å². The molecule has 0 spiro atoms. The highest BCUT2D eigenvalue weighted by Crippen LogP contribution is 2.31. The maximum Gasteiger partial charge on any atom is 0.337 e. The molecule has 0 saturated heterocycles. The fraction of sp³-hybridized carbons (Fsp3) is 0. The molecular weight excluding hydrogens is 262 g/mol. The van der Waals surface area contributed by atoms with Crippen molar-refractivity contribution >= 4 is 28.5 Å². The minimum Gasteiger partial charge on any atom is -0.478 e. The molecule has 2 aromatic heterocycles. The summed E-state index contributed by atoms with van der Waals surface area (Å²) in [5.41, 5.74) is 0.208. The summed E-state index contributed by atoms with van der Waals surface area (Å²) in [6.45, 7) is 0. The van der Waals surface area contributed by atoms with Crippen LogP contribution in [0.15, 0.2) is 53.0 Å². The first kappa shape index (κ1) is 11.7. The Bertz CT molecular complexity index is 741. The molecule has 0 aliphatic heterocycles. The van der Waals surface area contributed by atoms with Gasteiger partial charge in [0, 0.05) is 29.4 Å². The lowest BCUT2D eigenvalue weighted by atomic mass is 10.1. The van der Waals surface area contributed by atoms with Crippen molar-refractivity contribution < 1.29 is 9.90 Å². The van der Waals surface area contributed by atoms with Crippen molar-refractivity contribution in [3.63, 3.8) is 0 Å². The van der Waals surface area contributed by atoms with Crippen molar-refractivity contribution in [3.8, 4) is 0 Å². The van der Waals surface area contributed by atoms with Crippen molar-refractivity contribution in [1.29, 1.82) is 0 Å². The Morgan fingerprint density at radius 2 is 2.00 bits per heavy atom. The molecule has 94 valence electrons. The lowest BCUT2D eigenvalue weighted by Gasteiger charge is -2.06. The van der Waals surface area contributed by atoms with Crippen LogP contribution in [0.1, 0.15) is 10.4 Å². The molecule has 0 aliphatic rings. The fourth-order valence-electron chi connectivity index (χ4n) is 1.82. The number of rotatable bonds is 3. The van der Waals surface area contributed by atoms with E-state index in [2.05, 4.69) is 15.0 Å². The number of imidazole rings is 1. The number of hydrogen-bond acceptors (Lipinski definition) is 4. The average Bonchev–Trinajstić information content (AvgIpc) is 2.91. The van der Waals surface area contributed by atoms with Crippen LogP contribution in [0.4, 0.5) is 0 Å². The first-order valence-electron chi connectivity index (χ1n) is 5.54. The van der Waals surface area contributed by atoms with Gasteiger partial charge in [-0.05, 0) is 11.8 Å². The molecule has 0 saturated carbocycles. The highest BCUT2D eigenvalue weighted by atomic mass is 32.2. The van der Waals surface area contributed by atoms with Gasteiger partial charge in [-0.2, -0.15) is 0 Å². The van der Waals surface area contributed by atoms with Crippen LogP contribution in [0.25, 0.3) is 10.8 Å². The molecule has 0 aliphatic carbocycles. The first-order chi connectivity index (χ1) is 9.25. The number of aromatic amines is 1. The number of hydrogen-bond donors (Lipinski definition) is 2. The van der Waals surface area contributed by atoms with E-state index in [1.165, 1.54) is 18.0 Å². The Balaban J connectivity index is 2.16. The standard InChI is InChI=1S/C13H9N3O2S/c17-12(18)10-7-16-11(19-13-14-5-6-15-13)9-4-2-1-3-8(9)10/h1-7H,(H,14,15)(H,17,18). The number of nitrogens with zero attached hydrogens (tertiary/aromatic N) is 2. The molecule has 5 nitrogen and oxygen atoms in total. The quantitative estimate of drug-likeness (QED) is 0.765. The van der Waals surface area contributed by atoms with Gasteiger partial charge in [0.05, 0.1) is 5.56 Å². The van der Waals surface area contributed by atoms with Gasteiger partial charge in [-0.25, -0.2) is 14.8 Å². The number of fused-ring (bicyclic) bond motifs is 1. The van der Waals surface area contributed by atoms with Crippen LogP contribution in [0, 0.1) is 0 Å². The number of benzene rings is 1. The van der Waals surface area contributed by atoms with Gasteiger partial charge in [-0.3, -0.25) is 0 Å². The van der Waals surface area contributed by atoms with Crippen LogP contribution in [-0.4, -0.2) is 26.0 Å². The van der Waals surface area contributed by atoms with Gasteiger partial charge in [-0.1, -0.05) is 24.3 Å². The number of carboxylic acids is 1. The van der Waals surface area contributed by atoms with E-state index in [-0.39, 0.29) is 5.56 Å². The van der Waals surface area contributed by atoms with Gasteiger partial charge in [-0.15, -0.1) is 0 Å². The third kappa shape index (κ3) is 2.17. The molecule has 1 aromatic carbocycles. The third-order valence-corrected chi connectivity index (χ3v) is 3.59. The lowest BCUT2D eigenvalue weighted by molar-refractivity contribution is 0.0698. The van der Waals surface area contributed by atoms with Crippen LogP contribution >= 0.6 is 11.8 Å². The number of nitrogens with one attached hydrogen (secondary N) is 1. The van der Waals surface area contributed by atoms with Gasteiger partial charge < -0.3 is 10.1 Å². The zero-order valence-electron chi connectivity index (χ0n) is 9.70. The highest BCUT2D eigenvalue weighted by molar-refractivity contribution is 7.99. The first-order valence-corrected chi connectivity index (χ1v) is 6.35. The Morgan fingerprint density at radius 3 is 2.68 bits per heavy atom. The maximum atomic E-state index is 11.2. The zero-order valence-corrected chi connectivity index (χ0v) is 10.5. The Kier molecular flexibility index (Phi) is 2.92. The van der Waals surface area contributed by atoms with Gasteiger partial charge in [0.1, 0.15) is 5.03 Å². The van der Waals surface area contributed by atoms with Gasteiger partial charge in [0.25, 0.3) is 0 Å². The van der Waals surface area contributed by atoms with Crippen molar-refractivity contribution in [2.24, 2.45) is 0 Å². The minimum atomic E-state index is -0.974. The van der Waals surface area contributed by atoms with Crippen molar-refractivity contribution in [2.75, 3.05) is 0 Å². The molecule has 0 fully saturated rings. The van der Waals surface area contributed by atoms with E-state index < -0.39 is 5.97 Å². The summed E-state index contributed by atoms with van der Waals surface area (Å²) >= 11 is 1.37. The molecular formula is C13H9N3O2S. The SMILES string of the molecule is O=C(O)c1cnc(Sc2ncc[nH]2)c2ccccc12. The van der Waals surface area contributed by atoms with Crippen LogP contribution < -0.4 is 0 Å². The summed E-state index contributed by atoms with van der Waals surface area (Å²) in [7, 11) is 0. The van der Waals surface area contributed by atoms with Crippen molar-refractivity contribution in [3.05, 3.63) is 48.4 Å². The molecule has 0 bridgehead atoms. The molecule has 0 atom stereocenters. The van der Waals surface area contributed by atoms with Crippen molar-refractivity contribution in [1.82, 2.24) is 15.0 Å². The molecule has 3 rings (SSSR count). The van der Waals surface area contributed by atoms with E-state index in [1.807, 2.05) is 18.2 Å². The van der Waals surface area contributed by atoms with Gasteiger partial charge in [0.2, 0.25) is 0 Å². The predicted molar refractivity (Wildman–Crippen MR) is 71.4 cm³/mol. The number of H-pyrrole nitrogens is 1. The second kappa shape index (κ2) is 4.74. The topological polar surface area (TPSA) is 78.9 Å². The normalized spacial score (nSPS) is 10.7. The van der Waals surface area contributed by atoms with Crippen LogP contribution in [-0.2, 0) is 0 Å². The van der Waals surface area contributed by atoms with Crippen LogP contribution in [0.2, 0.25) is 0 Å². The van der Waals surface area contributed by atoms with Crippen LogP contribution in [0.5, 0.6) is 0 Å². The third-order valence-electron chi connectivity index (χ3n) is 2.66. The molecule has 2 heterocycles. The number of carboxylic acid groups (broad SMARTS) is 1. The fourth-order valence-corrected chi connectivity index (χ4v) is 2.63. The average molecular weight is 271 g/mol. The summed E-state index contributed by atoms with van der Waals surface area (Å²) in [5.74, 6) is -0.974. The number of pyridine rings is 1. The van der Waals surface area contributed by atoms with Crippen LogP contribution in [0.3, 0.4) is 0 Å². The van der Waals surface area contributed by atoms with E-state index in [0.717, 1.165) is 15.6 Å². The lowest BCUT2D eigenvalue weighted by Crippen LogP contribution is -1.99. The zero-order chi connectivity index (χ0) is 13.2. The highest BCUT2D eigenvalue weighted by Gasteiger charge is 2.13. The molecule has 19 heavy (non-hydrogen) atoms. The molecule has 0 amide bonds. The van der Waals surface area contributed by atoms with E-state index in [4.69, 9.17) is 5.11 Å². The number of carbonyl (C=O) groups is 1. The van der Waals surface area contributed by atoms with E-state index in [1.54, 1.807) is 18.5 Å². The Morgan fingerprint density at radius 1 is 1.21 bits per heavy atom. The Labute approximate surface area is 112 Å². The van der Waals surface area contributed by atoms with Gasteiger partial charge in [0.15, 0.2) is 5.16 Å². The largest absolute Gasteiger partial charge is 0.478 e. The summed E-state index contributed by atoms with van der Waals surface area (Å²) in [5, 5.41) is 12.1. The smallest absolute Gasteiger partial charge is 0.337 e. The summed E-state index contributed by atoms with van der Waals surface area (Å²) < 4.78 is 0. The Hall–Kier alpha value is -2.34. The second-order valence-electron chi connectivity index (χ2n) is 3.82. The monoisotopic (exact) mass is 271 g/mol. The number of aromatic nitrogens is 3. The van der Waals surface area contributed by atoms with E-state index in [0.29, 0.717) is 5.39 Å².